The molecule has 0 unspecified atom stereocenters. The molecule has 21 heavy (non-hydrogen) atoms. The van der Waals surface area contributed by atoms with E-state index in [-0.39, 0.29) is 5.82 Å². The number of benzene rings is 2. The Labute approximate surface area is 122 Å². The van der Waals surface area contributed by atoms with Crippen LogP contribution in [0.15, 0.2) is 54.6 Å². The number of para-hydroxylation sites is 1. The molecule has 0 atom stereocenters. The van der Waals surface area contributed by atoms with Crippen LogP contribution < -0.4 is 4.74 Å². The highest BCUT2D eigenvalue weighted by molar-refractivity contribution is 5.72. The molecule has 3 nitrogen and oxygen atoms in total. The first-order valence-electron chi connectivity index (χ1n) is 6.65. The van der Waals surface area contributed by atoms with E-state index >= 15 is 0 Å². The van der Waals surface area contributed by atoms with E-state index < -0.39 is 0 Å². The number of ether oxygens (including phenoxy) is 1. The van der Waals surface area contributed by atoms with E-state index in [1.165, 1.54) is 12.1 Å². The van der Waals surface area contributed by atoms with Crippen molar-refractivity contribution >= 4 is 0 Å². The fourth-order valence-electron chi connectivity index (χ4n) is 2.39. The summed E-state index contributed by atoms with van der Waals surface area (Å²) < 4.78 is 20.4. The van der Waals surface area contributed by atoms with E-state index in [4.69, 9.17) is 4.74 Å². The summed E-state index contributed by atoms with van der Waals surface area (Å²) in [7, 11) is 1.61. The van der Waals surface area contributed by atoms with Crippen molar-refractivity contribution in [2.75, 3.05) is 7.11 Å². The van der Waals surface area contributed by atoms with Gasteiger partial charge in [0.15, 0.2) is 0 Å². The van der Waals surface area contributed by atoms with Crippen molar-refractivity contribution in [2.45, 2.75) is 6.92 Å². The molecule has 0 aliphatic carbocycles. The molecular formula is C17H15FN2O. The van der Waals surface area contributed by atoms with Crippen molar-refractivity contribution in [1.29, 1.82) is 0 Å². The zero-order valence-corrected chi connectivity index (χ0v) is 11.9. The van der Waals surface area contributed by atoms with Crippen LogP contribution in [0.4, 0.5) is 4.39 Å². The molecule has 4 heteroatoms. The highest BCUT2D eigenvalue weighted by Gasteiger charge is 2.18. The van der Waals surface area contributed by atoms with Gasteiger partial charge in [0, 0.05) is 0 Å². The molecule has 2 aromatic carbocycles. The summed E-state index contributed by atoms with van der Waals surface area (Å²) in [5, 5.41) is 4.55. The first kappa shape index (κ1) is 13.4. The van der Waals surface area contributed by atoms with Crippen molar-refractivity contribution < 1.29 is 9.13 Å². The minimum Gasteiger partial charge on any atom is -0.480 e. The summed E-state index contributed by atoms with van der Waals surface area (Å²) in [5.41, 5.74) is 3.52. The molecule has 3 aromatic rings. The van der Waals surface area contributed by atoms with Crippen LogP contribution in [0.2, 0.25) is 0 Å². The third-order valence-electron chi connectivity index (χ3n) is 3.35. The lowest BCUT2D eigenvalue weighted by Crippen LogP contribution is -1.99. The second kappa shape index (κ2) is 5.40. The minimum absolute atomic E-state index is 0.258. The Hall–Kier alpha value is -2.62. The van der Waals surface area contributed by atoms with E-state index in [1.54, 1.807) is 23.9 Å². The molecular weight excluding hydrogens is 267 g/mol. The first-order chi connectivity index (χ1) is 10.2. The topological polar surface area (TPSA) is 27.1 Å². The average molecular weight is 282 g/mol. The van der Waals surface area contributed by atoms with Crippen LogP contribution >= 0.6 is 0 Å². The Balaban J connectivity index is 2.18. The van der Waals surface area contributed by atoms with Gasteiger partial charge in [-0.15, -0.1) is 0 Å². The van der Waals surface area contributed by atoms with Gasteiger partial charge in [-0.2, -0.15) is 5.10 Å². The lowest BCUT2D eigenvalue weighted by Gasteiger charge is -2.08. The second-order valence-electron chi connectivity index (χ2n) is 4.72. The number of methoxy groups -OCH3 is 1. The summed E-state index contributed by atoms with van der Waals surface area (Å²) in [5.74, 6) is 0.385. The number of halogens is 1. The third kappa shape index (κ3) is 2.40. The zero-order valence-electron chi connectivity index (χ0n) is 11.9. The largest absolute Gasteiger partial charge is 0.480 e. The molecule has 1 heterocycles. The lowest BCUT2D eigenvalue weighted by atomic mass is 10.1. The maximum absolute atomic E-state index is 13.1. The smallest absolute Gasteiger partial charge is 0.224 e. The van der Waals surface area contributed by atoms with Gasteiger partial charge in [0.05, 0.1) is 24.1 Å². The SMILES string of the molecule is COc1c(-c2ccc(F)cc2)c(C)nn1-c1ccccc1. The quantitative estimate of drug-likeness (QED) is 0.726. The van der Waals surface area contributed by atoms with Gasteiger partial charge >= 0.3 is 0 Å². The van der Waals surface area contributed by atoms with Gasteiger partial charge in [-0.3, -0.25) is 0 Å². The van der Waals surface area contributed by atoms with Crippen LogP contribution in [0.5, 0.6) is 5.88 Å². The van der Waals surface area contributed by atoms with Crippen molar-refractivity contribution in [1.82, 2.24) is 9.78 Å². The Kier molecular flexibility index (Phi) is 3.44. The van der Waals surface area contributed by atoms with Gasteiger partial charge in [-0.25, -0.2) is 9.07 Å². The summed E-state index contributed by atoms with van der Waals surface area (Å²) in [6.07, 6.45) is 0. The van der Waals surface area contributed by atoms with Gasteiger partial charge in [0.25, 0.3) is 0 Å². The molecule has 0 aliphatic heterocycles. The predicted molar refractivity (Wildman–Crippen MR) is 80.2 cm³/mol. The third-order valence-corrected chi connectivity index (χ3v) is 3.35. The lowest BCUT2D eigenvalue weighted by molar-refractivity contribution is 0.385. The van der Waals surface area contributed by atoms with E-state index in [0.29, 0.717) is 5.88 Å². The Morgan fingerprint density at radius 2 is 1.67 bits per heavy atom. The maximum Gasteiger partial charge on any atom is 0.224 e. The molecule has 0 saturated heterocycles. The van der Waals surface area contributed by atoms with Crippen molar-refractivity contribution in [2.24, 2.45) is 0 Å². The zero-order chi connectivity index (χ0) is 14.8. The van der Waals surface area contributed by atoms with Gasteiger partial charge in [0.1, 0.15) is 5.82 Å². The normalized spacial score (nSPS) is 10.6. The van der Waals surface area contributed by atoms with E-state index in [0.717, 1.165) is 22.5 Å². The van der Waals surface area contributed by atoms with Gasteiger partial charge in [-0.05, 0) is 36.8 Å². The summed E-state index contributed by atoms with van der Waals surface area (Å²) in [4.78, 5) is 0. The van der Waals surface area contributed by atoms with Gasteiger partial charge in [0.2, 0.25) is 5.88 Å². The molecule has 106 valence electrons. The van der Waals surface area contributed by atoms with Crippen molar-refractivity contribution in [3.63, 3.8) is 0 Å². The van der Waals surface area contributed by atoms with Crippen LogP contribution in [0.3, 0.4) is 0 Å². The number of aryl methyl sites for hydroxylation is 1. The molecule has 0 aliphatic rings. The highest BCUT2D eigenvalue weighted by Crippen LogP contribution is 2.34. The van der Waals surface area contributed by atoms with E-state index in [2.05, 4.69) is 5.10 Å². The predicted octanol–water partition coefficient (Wildman–Crippen LogP) is 4.00. The number of hydrogen-bond acceptors (Lipinski definition) is 2. The van der Waals surface area contributed by atoms with Gasteiger partial charge < -0.3 is 4.74 Å². The summed E-state index contributed by atoms with van der Waals surface area (Å²) in [6.45, 7) is 1.92. The van der Waals surface area contributed by atoms with E-state index in [9.17, 15) is 4.39 Å². The van der Waals surface area contributed by atoms with Crippen LogP contribution in [-0.2, 0) is 0 Å². The maximum atomic E-state index is 13.1. The molecule has 1 aromatic heterocycles. The Bertz CT molecular complexity index is 748. The number of hydrogen-bond donors (Lipinski definition) is 0. The van der Waals surface area contributed by atoms with Crippen molar-refractivity contribution in [3.8, 4) is 22.7 Å². The molecule has 0 N–H and O–H groups in total. The molecule has 0 spiro atoms. The highest BCUT2D eigenvalue weighted by atomic mass is 19.1. The molecule has 0 bridgehead atoms. The number of nitrogens with zero attached hydrogens (tertiary/aromatic N) is 2. The Morgan fingerprint density at radius 3 is 2.29 bits per heavy atom. The van der Waals surface area contributed by atoms with Crippen LogP contribution in [0, 0.1) is 12.7 Å². The monoisotopic (exact) mass is 282 g/mol. The molecule has 3 rings (SSSR count). The van der Waals surface area contributed by atoms with Crippen molar-refractivity contribution in [3.05, 3.63) is 66.1 Å². The minimum atomic E-state index is -0.258. The summed E-state index contributed by atoms with van der Waals surface area (Å²) in [6, 6.07) is 16.1. The second-order valence-corrected chi connectivity index (χ2v) is 4.72. The van der Waals surface area contributed by atoms with E-state index in [1.807, 2.05) is 37.3 Å². The number of rotatable bonds is 3. The fourth-order valence-corrected chi connectivity index (χ4v) is 2.39. The Morgan fingerprint density at radius 1 is 1.00 bits per heavy atom. The molecule has 0 saturated carbocycles. The van der Waals surface area contributed by atoms with Crippen LogP contribution in [-0.4, -0.2) is 16.9 Å². The molecule has 0 fully saturated rings. The first-order valence-corrected chi connectivity index (χ1v) is 6.65. The molecule has 0 amide bonds. The average Bonchev–Trinajstić information content (AvgIpc) is 2.85. The fraction of sp³-hybridized carbons (Fsp3) is 0.118. The summed E-state index contributed by atoms with van der Waals surface area (Å²) >= 11 is 0. The molecule has 0 radical (unpaired) electrons. The standard InChI is InChI=1S/C17H15FN2O/c1-12-16(13-8-10-14(18)11-9-13)17(21-2)20(19-12)15-6-4-3-5-7-15/h3-11H,1-2H3. The number of aromatic nitrogens is 2. The van der Waals surface area contributed by atoms with Crippen LogP contribution in [0.1, 0.15) is 5.69 Å². The van der Waals surface area contributed by atoms with Crippen LogP contribution in [0.25, 0.3) is 16.8 Å². The van der Waals surface area contributed by atoms with Gasteiger partial charge in [-0.1, -0.05) is 30.3 Å².